The molecule has 3 heteroatoms. The second kappa shape index (κ2) is 5.59. The van der Waals surface area contributed by atoms with Gasteiger partial charge in [-0.15, -0.1) is 0 Å². The lowest BCUT2D eigenvalue weighted by atomic mass is 9.85. The Balaban J connectivity index is 1.65. The van der Waals surface area contributed by atoms with Crippen molar-refractivity contribution >= 4 is 0 Å². The number of nitrogens with zero attached hydrogens (tertiary/aromatic N) is 1. The minimum absolute atomic E-state index is 0.116. The van der Waals surface area contributed by atoms with Gasteiger partial charge in [0.15, 0.2) is 0 Å². The molecule has 0 bridgehead atoms. The minimum Gasteiger partial charge on any atom is -0.314 e. The summed E-state index contributed by atoms with van der Waals surface area (Å²) in [6.07, 6.45) is 3.88. The second-order valence-electron chi connectivity index (χ2n) is 6.06. The van der Waals surface area contributed by atoms with Gasteiger partial charge in [-0.2, -0.15) is 0 Å². The Morgan fingerprint density at radius 3 is 3.16 bits per heavy atom. The molecule has 2 aliphatic rings. The zero-order chi connectivity index (χ0) is 13.2. The van der Waals surface area contributed by atoms with Crippen LogP contribution in [0.15, 0.2) is 18.2 Å². The summed E-state index contributed by atoms with van der Waals surface area (Å²) in [5, 5.41) is 3.64. The summed E-state index contributed by atoms with van der Waals surface area (Å²) in [4.78, 5) is 2.50. The monoisotopic (exact) mass is 262 g/mol. The lowest BCUT2D eigenvalue weighted by molar-refractivity contribution is 0.108. The summed E-state index contributed by atoms with van der Waals surface area (Å²) >= 11 is 0. The van der Waals surface area contributed by atoms with E-state index in [0.29, 0.717) is 0 Å². The van der Waals surface area contributed by atoms with Crippen LogP contribution in [0, 0.1) is 18.7 Å². The van der Waals surface area contributed by atoms with Crippen LogP contribution in [0.1, 0.15) is 30.4 Å². The average molecular weight is 262 g/mol. The molecule has 2 heterocycles. The number of hydrogen-bond donors (Lipinski definition) is 1. The normalized spacial score (nSPS) is 28.1. The SMILES string of the molecule is Cc1ccc(F)cc1CN1CCC2NCCCC2C1. The number of rotatable bonds is 2. The van der Waals surface area contributed by atoms with Crippen molar-refractivity contribution in [2.75, 3.05) is 19.6 Å². The van der Waals surface area contributed by atoms with Gasteiger partial charge in [-0.1, -0.05) is 6.07 Å². The van der Waals surface area contributed by atoms with Gasteiger partial charge in [-0.3, -0.25) is 4.90 Å². The Bertz CT molecular complexity index is 446. The minimum atomic E-state index is -0.116. The molecule has 2 unspecified atom stereocenters. The van der Waals surface area contributed by atoms with Gasteiger partial charge in [0.2, 0.25) is 0 Å². The van der Waals surface area contributed by atoms with Gasteiger partial charge in [0.25, 0.3) is 0 Å². The number of halogens is 1. The molecule has 2 fully saturated rings. The first-order valence-electron chi connectivity index (χ1n) is 7.43. The second-order valence-corrected chi connectivity index (χ2v) is 6.06. The third-order valence-corrected chi connectivity index (χ3v) is 4.68. The van der Waals surface area contributed by atoms with Gasteiger partial charge in [-0.25, -0.2) is 4.39 Å². The topological polar surface area (TPSA) is 15.3 Å². The Morgan fingerprint density at radius 2 is 2.26 bits per heavy atom. The maximum Gasteiger partial charge on any atom is 0.123 e. The first kappa shape index (κ1) is 13.1. The first-order valence-corrected chi connectivity index (χ1v) is 7.43. The van der Waals surface area contributed by atoms with E-state index < -0.39 is 0 Å². The smallest absolute Gasteiger partial charge is 0.123 e. The van der Waals surface area contributed by atoms with Gasteiger partial charge >= 0.3 is 0 Å². The van der Waals surface area contributed by atoms with Crippen LogP contribution < -0.4 is 5.32 Å². The summed E-state index contributed by atoms with van der Waals surface area (Å²) in [5.41, 5.74) is 2.34. The highest BCUT2D eigenvalue weighted by molar-refractivity contribution is 5.26. The molecule has 3 rings (SSSR count). The number of benzene rings is 1. The first-order chi connectivity index (χ1) is 9.22. The van der Waals surface area contributed by atoms with Crippen LogP contribution in [0.4, 0.5) is 4.39 Å². The average Bonchev–Trinajstić information content (AvgIpc) is 2.43. The molecule has 0 saturated carbocycles. The van der Waals surface area contributed by atoms with Crippen molar-refractivity contribution in [2.45, 2.75) is 38.8 Å². The number of fused-ring (bicyclic) bond motifs is 1. The van der Waals surface area contributed by atoms with Gasteiger partial charge < -0.3 is 5.32 Å². The molecule has 19 heavy (non-hydrogen) atoms. The maximum atomic E-state index is 13.3. The highest BCUT2D eigenvalue weighted by Crippen LogP contribution is 2.26. The van der Waals surface area contributed by atoms with Crippen molar-refractivity contribution in [1.82, 2.24) is 10.2 Å². The van der Waals surface area contributed by atoms with Crippen molar-refractivity contribution in [3.63, 3.8) is 0 Å². The van der Waals surface area contributed by atoms with E-state index in [9.17, 15) is 4.39 Å². The molecule has 2 aliphatic heterocycles. The van der Waals surface area contributed by atoms with E-state index in [-0.39, 0.29) is 5.82 Å². The molecule has 0 radical (unpaired) electrons. The van der Waals surface area contributed by atoms with Crippen LogP contribution in [0.25, 0.3) is 0 Å². The van der Waals surface area contributed by atoms with E-state index in [1.807, 2.05) is 6.07 Å². The molecule has 0 amide bonds. The molecule has 2 saturated heterocycles. The van der Waals surface area contributed by atoms with Gasteiger partial charge in [0.05, 0.1) is 0 Å². The molecule has 1 aromatic rings. The van der Waals surface area contributed by atoms with E-state index in [4.69, 9.17) is 0 Å². The number of likely N-dealkylation sites (tertiary alicyclic amines) is 1. The predicted octanol–water partition coefficient (Wildman–Crippen LogP) is 2.71. The zero-order valence-electron chi connectivity index (χ0n) is 11.7. The van der Waals surface area contributed by atoms with Crippen LogP contribution in [0.3, 0.4) is 0 Å². The fourth-order valence-corrected chi connectivity index (χ4v) is 3.52. The van der Waals surface area contributed by atoms with E-state index >= 15 is 0 Å². The third-order valence-electron chi connectivity index (χ3n) is 4.68. The number of nitrogens with one attached hydrogen (secondary N) is 1. The fraction of sp³-hybridized carbons (Fsp3) is 0.625. The highest BCUT2D eigenvalue weighted by atomic mass is 19.1. The van der Waals surface area contributed by atoms with Crippen molar-refractivity contribution in [2.24, 2.45) is 5.92 Å². The Hall–Kier alpha value is -0.930. The molecule has 1 N–H and O–H groups in total. The number of hydrogen-bond acceptors (Lipinski definition) is 2. The predicted molar refractivity (Wildman–Crippen MR) is 75.5 cm³/mol. The Labute approximate surface area is 115 Å². The number of aryl methyl sites for hydroxylation is 1. The maximum absolute atomic E-state index is 13.3. The molecule has 1 aromatic carbocycles. The van der Waals surface area contributed by atoms with Crippen molar-refractivity contribution < 1.29 is 4.39 Å². The molecule has 2 atom stereocenters. The van der Waals surface area contributed by atoms with Crippen LogP contribution in [-0.2, 0) is 6.54 Å². The molecule has 0 aromatic heterocycles. The standard InChI is InChI=1S/C16H23FN2/c1-12-4-5-15(17)9-14(12)11-19-8-6-16-13(10-19)3-2-7-18-16/h4-5,9,13,16,18H,2-3,6-8,10-11H2,1H3. The molecule has 104 valence electrons. The Kier molecular flexibility index (Phi) is 3.85. The van der Waals surface area contributed by atoms with Crippen LogP contribution >= 0.6 is 0 Å². The molecule has 0 aliphatic carbocycles. The number of piperidine rings is 2. The zero-order valence-corrected chi connectivity index (χ0v) is 11.7. The Morgan fingerprint density at radius 1 is 1.37 bits per heavy atom. The van der Waals surface area contributed by atoms with Gasteiger partial charge in [-0.05, 0) is 68.5 Å². The summed E-state index contributed by atoms with van der Waals surface area (Å²) < 4.78 is 13.3. The summed E-state index contributed by atoms with van der Waals surface area (Å²) in [6, 6.07) is 5.86. The van der Waals surface area contributed by atoms with E-state index in [1.54, 1.807) is 12.1 Å². The summed E-state index contributed by atoms with van der Waals surface area (Å²) in [7, 11) is 0. The van der Waals surface area contributed by atoms with Gasteiger partial charge in [0.1, 0.15) is 5.82 Å². The quantitative estimate of drug-likeness (QED) is 0.881. The van der Waals surface area contributed by atoms with E-state index in [1.165, 1.54) is 31.4 Å². The van der Waals surface area contributed by atoms with Crippen molar-refractivity contribution in [3.8, 4) is 0 Å². The summed E-state index contributed by atoms with van der Waals surface area (Å²) in [6.45, 7) is 6.44. The lowest BCUT2D eigenvalue weighted by Gasteiger charge is -2.42. The van der Waals surface area contributed by atoms with Gasteiger partial charge in [0, 0.05) is 19.1 Å². The van der Waals surface area contributed by atoms with Crippen molar-refractivity contribution in [1.29, 1.82) is 0 Å². The van der Waals surface area contributed by atoms with Crippen LogP contribution in [0.2, 0.25) is 0 Å². The lowest BCUT2D eigenvalue weighted by Crippen LogP contribution is -2.51. The van der Waals surface area contributed by atoms with Crippen LogP contribution in [0.5, 0.6) is 0 Å². The van der Waals surface area contributed by atoms with Crippen LogP contribution in [-0.4, -0.2) is 30.6 Å². The highest BCUT2D eigenvalue weighted by Gasteiger charge is 2.30. The third kappa shape index (κ3) is 2.98. The fourth-order valence-electron chi connectivity index (χ4n) is 3.52. The molecular formula is C16H23FN2. The van der Waals surface area contributed by atoms with Crippen molar-refractivity contribution in [3.05, 3.63) is 35.1 Å². The largest absolute Gasteiger partial charge is 0.314 e. The molecule has 2 nitrogen and oxygen atoms in total. The van der Waals surface area contributed by atoms with E-state index in [0.717, 1.165) is 37.2 Å². The molecular weight excluding hydrogens is 239 g/mol. The summed E-state index contributed by atoms with van der Waals surface area (Å²) in [5.74, 6) is 0.672. The molecule has 0 spiro atoms. The van der Waals surface area contributed by atoms with E-state index in [2.05, 4.69) is 17.1 Å².